The van der Waals surface area contributed by atoms with Crippen LogP contribution in [0.25, 0.3) is 0 Å². The minimum absolute atomic E-state index is 0.0291. The Bertz CT molecular complexity index is 1060. The number of carbonyl (C=O) groups is 1. The minimum atomic E-state index is 0.0291. The number of rotatable bonds is 6. The second-order valence-corrected chi connectivity index (χ2v) is 8.67. The van der Waals surface area contributed by atoms with Gasteiger partial charge in [-0.3, -0.25) is 9.48 Å². The fraction of sp³-hybridized carbons (Fsp3) is 0.385. The average molecular weight is 417 g/mol. The van der Waals surface area contributed by atoms with E-state index in [0.29, 0.717) is 18.7 Å². The molecule has 0 spiro atoms. The third kappa shape index (κ3) is 4.50. The highest BCUT2D eigenvalue weighted by Gasteiger charge is 2.23. The van der Waals surface area contributed by atoms with Crippen molar-refractivity contribution in [3.05, 3.63) is 82.2 Å². The zero-order chi connectivity index (χ0) is 22.0. The molecule has 31 heavy (non-hydrogen) atoms. The molecular formula is C26H32N4O. The monoisotopic (exact) mass is 416 g/mol. The third-order valence-electron chi connectivity index (χ3n) is 6.24. The molecule has 1 aliphatic heterocycles. The van der Waals surface area contributed by atoms with Gasteiger partial charge >= 0.3 is 0 Å². The van der Waals surface area contributed by atoms with E-state index in [1.165, 1.54) is 35.2 Å². The number of aryl methyl sites for hydroxylation is 2. The van der Waals surface area contributed by atoms with Crippen LogP contribution in [-0.4, -0.2) is 40.7 Å². The van der Waals surface area contributed by atoms with Gasteiger partial charge in [-0.2, -0.15) is 5.10 Å². The molecule has 4 rings (SSSR count). The van der Waals surface area contributed by atoms with Crippen LogP contribution in [0.4, 0.5) is 5.69 Å². The van der Waals surface area contributed by atoms with Crippen molar-refractivity contribution in [3.63, 3.8) is 0 Å². The number of amides is 1. The van der Waals surface area contributed by atoms with Gasteiger partial charge in [0.15, 0.2) is 0 Å². The fourth-order valence-electron chi connectivity index (χ4n) is 4.46. The normalized spacial score (nSPS) is 13.6. The number of para-hydroxylation sites is 1. The minimum Gasteiger partial charge on any atom is -0.371 e. The second kappa shape index (κ2) is 8.96. The first-order valence-electron chi connectivity index (χ1n) is 11.1. The Balaban J connectivity index is 1.53. The number of carbonyl (C=O) groups excluding carboxylic acids is 1. The first kappa shape index (κ1) is 21.2. The van der Waals surface area contributed by atoms with Crippen LogP contribution in [-0.2, 0) is 13.1 Å². The molecule has 0 unspecified atom stereocenters. The molecule has 0 N–H and O–H groups in total. The maximum atomic E-state index is 13.4. The Hall–Kier alpha value is -3.08. The van der Waals surface area contributed by atoms with Crippen LogP contribution in [0.1, 0.15) is 51.3 Å². The maximum absolute atomic E-state index is 13.4. The summed E-state index contributed by atoms with van der Waals surface area (Å²) in [4.78, 5) is 17.6. The quantitative estimate of drug-likeness (QED) is 0.583. The third-order valence-corrected chi connectivity index (χ3v) is 6.24. The summed E-state index contributed by atoms with van der Waals surface area (Å²) in [6, 6.07) is 16.9. The second-order valence-electron chi connectivity index (χ2n) is 8.67. The van der Waals surface area contributed by atoms with Gasteiger partial charge in [0.05, 0.1) is 17.8 Å². The lowest BCUT2D eigenvalue weighted by atomic mass is 10.1. The smallest absolute Gasteiger partial charge is 0.257 e. The van der Waals surface area contributed by atoms with Crippen LogP contribution in [0.15, 0.2) is 48.5 Å². The summed E-state index contributed by atoms with van der Waals surface area (Å²) in [6.07, 6.45) is 2.48. The molecule has 2 aromatic carbocycles. The highest BCUT2D eigenvalue weighted by Crippen LogP contribution is 2.26. The summed E-state index contributed by atoms with van der Waals surface area (Å²) in [5, 5.41) is 4.68. The molecular weight excluding hydrogens is 384 g/mol. The molecule has 0 bridgehead atoms. The van der Waals surface area contributed by atoms with Gasteiger partial charge in [-0.05, 0) is 50.8 Å². The number of nitrogens with zero attached hydrogens (tertiary/aromatic N) is 4. The predicted molar refractivity (Wildman–Crippen MR) is 126 cm³/mol. The van der Waals surface area contributed by atoms with Crippen molar-refractivity contribution in [2.75, 3.05) is 25.0 Å². The predicted octanol–water partition coefficient (Wildman–Crippen LogP) is 4.73. The number of hydrogen-bond acceptors (Lipinski definition) is 3. The maximum Gasteiger partial charge on any atom is 0.257 e. The van der Waals surface area contributed by atoms with Crippen molar-refractivity contribution in [1.82, 2.24) is 14.7 Å². The summed E-state index contributed by atoms with van der Waals surface area (Å²) < 4.78 is 1.94. The van der Waals surface area contributed by atoms with E-state index in [2.05, 4.69) is 65.5 Å². The zero-order valence-corrected chi connectivity index (χ0v) is 19.1. The molecule has 1 saturated heterocycles. The Morgan fingerprint density at radius 1 is 1.00 bits per heavy atom. The standard InChI is InChI=1S/C26H32N4O/c1-19-11-13-22(14-12-19)17-30-21(3)25(20(2)27-30)26(31)28(4)18-23-9-5-6-10-24(23)29-15-7-8-16-29/h5-6,9-14H,7-8,15-18H2,1-4H3. The van der Waals surface area contributed by atoms with Gasteiger partial charge in [0.2, 0.25) is 0 Å². The zero-order valence-electron chi connectivity index (χ0n) is 19.1. The van der Waals surface area contributed by atoms with Crippen molar-refractivity contribution in [3.8, 4) is 0 Å². The molecule has 0 saturated carbocycles. The molecule has 1 amide bonds. The van der Waals surface area contributed by atoms with Crippen LogP contribution in [0.2, 0.25) is 0 Å². The molecule has 1 aromatic heterocycles. The van der Waals surface area contributed by atoms with E-state index >= 15 is 0 Å². The van der Waals surface area contributed by atoms with Crippen molar-refractivity contribution < 1.29 is 4.79 Å². The van der Waals surface area contributed by atoms with Crippen molar-refractivity contribution >= 4 is 11.6 Å². The van der Waals surface area contributed by atoms with Gasteiger partial charge in [-0.15, -0.1) is 0 Å². The first-order valence-corrected chi connectivity index (χ1v) is 11.1. The SMILES string of the molecule is Cc1ccc(Cn2nc(C)c(C(=O)N(C)Cc3ccccc3N3CCCC3)c2C)cc1. The highest BCUT2D eigenvalue weighted by atomic mass is 16.2. The van der Waals surface area contributed by atoms with Gasteiger partial charge in [-0.25, -0.2) is 0 Å². The average Bonchev–Trinajstić information content (AvgIpc) is 3.38. The molecule has 162 valence electrons. The highest BCUT2D eigenvalue weighted by molar-refractivity contribution is 5.96. The van der Waals surface area contributed by atoms with Gasteiger partial charge < -0.3 is 9.80 Å². The van der Waals surface area contributed by atoms with Crippen LogP contribution in [0.5, 0.6) is 0 Å². The summed E-state index contributed by atoms with van der Waals surface area (Å²) >= 11 is 0. The van der Waals surface area contributed by atoms with Crippen molar-refractivity contribution in [2.24, 2.45) is 0 Å². The Morgan fingerprint density at radius 2 is 1.68 bits per heavy atom. The van der Waals surface area contributed by atoms with Crippen molar-refractivity contribution in [1.29, 1.82) is 0 Å². The van der Waals surface area contributed by atoms with Gasteiger partial charge in [0.1, 0.15) is 0 Å². The lowest BCUT2D eigenvalue weighted by Gasteiger charge is -2.24. The molecule has 0 radical (unpaired) electrons. The molecule has 1 fully saturated rings. The topological polar surface area (TPSA) is 41.4 Å². The Labute approximate surface area is 185 Å². The first-order chi connectivity index (χ1) is 14.9. The van der Waals surface area contributed by atoms with Crippen LogP contribution >= 0.6 is 0 Å². The van der Waals surface area contributed by atoms with Gasteiger partial charge in [0.25, 0.3) is 5.91 Å². The summed E-state index contributed by atoms with van der Waals surface area (Å²) in [5.74, 6) is 0.0291. The molecule has 2 heterocycles. The molecule has 3 aromatic rings. The summed E-state index contributed by atoms with van der Waals surface area (Å²) in [7, 11) is 1.89. The number of aromatic nitrogens is 2. The molecule has 0 aliphatic carbocycles. The van der Waals surface area contributed by atoms with Crippen LogP contribution in [0, 0.1) is 20.8 Å². The van der Waals surface area contributed by atoms with E-state index < -0.39 is 0 Å². The number of benzene rings is 2. The van der Waals surface area contributed by atoms with E-state index in [-0.39, 0.29) is 5.91 Å². The summed E-state index contributed by atoms with van der Waals surface area (Å²) in [5.41, 5.74) is 7.29. The van der Waals surface area contributed by atoms with E-state index in [1.807, 2.05) is 30.5 Å². The number of anilines is 1. The molecule has 0 atom stereocenters. The number of hydrogen-bond donors (Lipinski definition) is 0. The van der Waals surface area contributed by atoms with E-state index in [0.717, 1.165) is 24.5 Å². The van der Waals surface area contributed by atoms with Crippen LogP contribution < -0.4 is 4.90 Å². The summed E-state index contributed by atoms with van der Waals surface area (Å²) in [6.45, 7) is 9.46. The van der Waals surface area contributed by atoms with E-state index in [9.17, 15) is 4.79 Å². The molecule has 5 nitrogen and oxygen atoms in total. The fourth-order valence-corrected chi connectivity index (χ4v) is 4.46. The molecule has 5 heteroatoms. The Kier molecular flexibility index (Phi) is 6.12. The Morgan fingerprint density at radius 3 is 2.39 bits per heavy atom. The molecule has 1 aliphatic rings. The lowest BCUT2D eigenvalue weighted by Crippen LogP contribution is -2.28. The lowest BCUT2D eigenvalue weighted by molar-refractivity contribution is 0.0783. The van der Waals surface area contributed by atoms with Gasteiger partial charge in [-0.1, -0.05) is 48.0 Å². The van der Waals surface area contributed by atoms with Crippen molar-refractivity contribution in [2.45, 2.75) is 46.7 Å². The van der Waals surface area contributed by atoms with Gasteiger partial charge in [0, 0.05) is 38.1 Å². The largest absolute Gasteiger partial charge is 0.371 e. The van der Waals surface area contributed by atoms with E-state index in [1.54, 1.807) is 0 Å². The van der Waals surface area contributed by atoms with E-state index in [4.69, 9.17) is 0 Å². The van der Waals surface area contributed by atoms with Crippen LogP contribution in [0.3, 0.4) is 0 Å².